The zero-order chi connectivity index (χ0) is 15.6. The highest BCUT2D eigenvalue weighted by atomic mass is 16.5. The third kappa shape index (κ3) is 3.77. The molecule has 114 valence electrons. The van der Waals surface area contributed by atoms with Crippen LogP contribution in [0.15, 0.2) is 18.2 Å². The third-order valence-corrected chi connectivity index (χ3v) is 4.62. The van der Waals surface area contributed by atoms with Crippen molar-refractivity contribution in [1.29, 1.82) is 0 Å². The largest absolute Gasteiger partial charge is 0.491 e. The van der Waals surface area contributed by atoms with Gasteiger partial charge in [0.25, 0.3) is 0 Å². The molecule has 1 nitrogen and oxygen atoms in total. The molecule has 1 rings (SSSR count). The van der Waals surface area contributed by atoms with Crippen molar-refractivity contribution in [3.8, 4) is 5.75 Å². The van der Waals surface area contributed by atoms with Gasteiger partial charge in [0, 0.05) is 5.56 Å². The highest BCUT2D eigenvalue weighted by molar-refractivity contribution is 5.44. The van der Waals surface area contributed by atoms with E-state index in [1.807, 2.05) is 0 Å². The molecule has 0 amide bonds. The molecule has 0 aliphatic heterocycles. The lowest BCUT2D eigenvalue weighted by atomic mass is 9.76. The Morgan fingerprint density at radius 3 is 1.95 bits per heavy atom. The summed E-state index contributed by atoms with van der Waals surface area (Å²) in [6.07, 6.45) is 2.47. The number of hydrogen-bond donors (Lipinski definition) is 0. The van der Waals surface area contributed by atoms with E-state index in [4.69, 9.17) is 4.74 Å². The Morgan fingerprint density at radius 2 is 1.50 bits per heavy atom. The van der Waals surface area contributed by atoms with E-state index in [9.17, 15) is 0 Å². The SMILES string of the molecule is CCC(C)(C)c1ccc(OC(C)C)c(C(C)(C)CC)c1. The summed E-state index contributed by atoms with van der Waals surface area (Å²) in [7, 11) is 0. The van der Waals surface area contributed by atoms with Crippen LogP contribution in [0.4, 0.5) is 0 Å². The van der Waals surface area contributed by atoms with Crippen molar-refractivity contribution in [3.63, 3.8) is 0 Å². The molecule has 1 aromatic carbocycles. The van der Waals surface area contributed by atoms with Crippen molar-refractivity contribution in [2.45, 2.75) is 85.2 Å². The van der Waals surface area contributed by atoms with E-state index in [2.05, 4.69) is 73.6 Å². The summed E-state index contributed by atoms with van der Waals surface area (Å²) in [4.78, 5) is 0. The maximum Gasteiger partial charge on any atom is 0.123 e. The van der Waals surface area contributed by atoms with Gasteiger partial charge in [-0.15, -0.1) is 0 Å². The van der Waals surface area contributed by atoms with E-state index in [1.165, 1.54) is 11.1 Å². The van der Waals surface area contributed by atoms with Crippen LogP contribution in [0, 0.1) is 0 Å². The Bertz CT molecular complexity index is 441. The Hall–Kier alpha value is -0.980. The fraction of sp³-hybridized carbons (Fsp3) is 0.684. The lowest BCUT2D eigenvalue weighted by molar-refractivity contribution is 0.235. The van der Waals surface area contributed by atoms with Gasteiger partial charge in [0.1, 0.15) is 5.75 Å². The predicted molar refractivity (Wildman–Crippen MR) is 88.8 cm³/mol. The van der Waals surface area contributed by atoms with Crippen LogP contribution in [-0.4, -0.2) is 6.10 Å². The van der Waals surface area contributed by atoms with Gasteiger partial charge in [0.15, 0.2) is 0 Å². The van der Waals surface area contributed by atoms with Gasteiger partial charge < -0.3 is 4.74 Å². The number of hydrogen-bond acceptors (Lipinski definition) is 1. The summed E-state index contributed by atoms with van der Waals surface area (Å²) in [5.74, 6) is 1.04. The monoisotopic (exact) mass is 276 g/mol. The first kappa shape index (κ1) is 17.1. The topological polar surface area (TPSA) is 9.23 Å². The van der Waals surface area contributed by atoms with Crippen LogP contribution in [-0.2, 0) is 10.8 Å². The summed E-state index contributed by atoms with van der Waals surface area (Å²) in [5, 5.41) is 0. The van der Waals surface area contributed by atoms with Gasteiger partial charge in [0.05, 0.1) is 6.10 Å². The van der Waals surface area contributed by atoms with Gasteiger partial charge in [-0.1, -0.05) is 53.7 Å². The van der Waals surface area contributed by atoms with Crippen molar-refractivity contribution in [2.24, 2.45) is 0 Å². The molecule has 20 heavy (non-hydrogen) atoms. The minimum Gasteiger partial charge on any atom is -0.491 e. The molecule has 0 spiro atoms. The molecule has 0 aliphatic rings. The molecule has 0 atom stereocenters. The Labute approximate surface area is 125 Å². The first-order valence-corrected chi connectivity index (χ1v) is 7.95. The third-order valence-electron chi connectivity index (χ3n) is 4.62. The number of benzene rings is 1. The Kier molecular flexibility index (Phi) is 5.29. The lowest BCUT2D eigenvalue weighted by Crippen LogP contribution is -2.22. The fourth-order valence-electron chi connectivity index (χ4n) is 2.23. The first-order chi connectivity index (χ1) is 9.14. The summed E-state index contributed by atoms with van der Waals surface area (Å²) in [6.45, 7) is 17.9. The van der Waals surface area contributed by atoms with E-state index < -0.39 is 0 Å². The predicted octanol–water partition coefficient (Wildman–Crippen LogP) is 5.85. The zero-order valence-corrected chi connectivity index (χ0v) is 14.6. The Balaban J connectivity index is 3.36. The zero-order valence-electron chi connectivity index (χ0n) is 14.6. The molecule has 0 radical (unpaired) electrons. The van der Waals surface area contributed by atoms with Gasteiger partial charge in [0.2, 0.25) is 0 Å². The number of ether oxygens (including phenoxy) is 1. The average Bonchev–Trinajstić information content (AvgIpc) is 2.38. The average molecular weight is 276 g/mol. The smallest absolute Gasteiger partial charge is 0.123 e. The fourth-order valence-corrected chi connectivity index (χ4v) is 2.23. The van der Waals surface area contributed by atoms with E-state index in [0.717, 1.165) is 18.6 Å². The molecule has 0 heterocycles. The number of rotatable bonds is 6. The van der Waals surface area contributed by atoms with Crippen LogP contribution in [0.3, 0.4) is 0 Å². The summed E-state index contributed by atoms with van der Waals surface area (Å²) in [5.41, 5.74) is 3.11. The molecule has 0 bridgehead atoms. The first-order valence-electron chi connectivity index (χ1n) is 7.95. The van der Waals surface area contributed by atoms with Crippen molar-refractivity contribution < 1.29 is 4.74 Å². The van der Waals surface area contributed by atoms with Crippen molar-refractivity contribution in [2.75, 3.05) is 0 Å². The Morgan fingerprint density at radius 1 is 0.950 bits per heavy atom. The second-order valence-electron chi connectivity index (χ2n) is 7.35. The van der Waals surface area contributed by atoms with Crippen LogP contribution in [0.1, 0.15) is 79.4 Å². The molecule has 0 aromatic heterocycles. The second kappa shape index (κ2) is 6.20. The highest BCUT2D eigenvalue weighted by Crippen LogP contribution is 2.38. The molecular weight excluding hydrogens is 244 g/mol. The molecule has 0 fully saturated rings. The van der Waals surface area contributed by atoms with Gasteiger partial charge in [-0.3, -0.25) is 0 Å². The standard InChI is InChI=1S/C19H32O/c1-9-18(5,6)15-11-12-17(20-14(3)4)16(13-15)19(7,8)10-2/h11-14H,9-10H2,1-8H3. The minimum absolute atomic E-state index is 0.143. The van der Waals surface area contributed by atoms with Gasteiger partial charge >= 0.3 is 0 Å². The molecule has 0 unspecified atom stereocenters. The second-order valence-corrected chi connectivity index (χ2v) is 7.35. The lowest BCUT2D eigenvalue weighted by Gasteiger charge is -2.31. The highest BCUT2D eigenvalue weighted by Gasteiger charge is 2.26. The maximum absolute atomic E-state index is 6.03. The molecular formula is C19H32O. The summed E-state index contributed by atoms with van der Waals surface area (Å²) in [6, 6.07) is 6.76. The van der Waals surface area contributed by atoms with E-state index >= 15 is 0 Å². The van der Waals surface area contributed by atoms with Crippen LogP contribution in [0.25, 0.3) is 0 Å². The van der Waals surface area contributed by atoms with Crippen LogP contribution in [0.2, 0.25) is 0 Å². The van der Waals surface area contributed by atoms with Crippen LogP contribution in [0.5, 0.6) is 5.75 Å². The normalized spacial score (nSPS) is 12.8. The quantitative estimate of drug-likeness (QED) is 0.633. The molecule has 0 N–H and O–H groups in total. The van der Waals surface area contributed by atoms with Crippen molar-refractivity contribution in [3.05, 3.63) is 29.3 Å². The minimum atomic E-state index is 0.143. The van der Waals surface area contributed by atoms with Crippen molar-refractivity contribution in [1.82, 2.24) is 0 Å². The maximum atomic E-state index is 6.03. The summed E-state index contributed by atoms with van der Waals surface area (Å²) >= 11 is 0. The van der Waals surface area contributed by atoms with Gasteiger partial charge in [-0.2, -0.15) is 0 Å². The molecule has 1 aromatic rings. The van der Waals surface area contributed by atoms with Crippen molar-refractivity contribution >= 4 is 0 Å². The van der Waals surface area contributed by atoms with Gasteiger partial charge in [-0.05, 0) is 49.1 Å². The van der Waals surface area contributed by atoms with Crippen LogP contribution < -0.4 is 4.74 Å². The van der Waals surface area contributed by atoms with E-state index in [-0.39, 0.29) is 16.9 Å². The molecule has 1 heteroatoms. The molecule has 0 saturated heterocycles. The van der Waals surface area contributed by atoms with E-state index in [1.54, 1.807) is 0 Å². The van der Waals surface area contributed by atoms with Crippen LogP contribution >= 0.6 is 0 Å². The van der Waals surface area contributed by atoms with Gasteiger partial charge in [-0.25, -0.2) is 0 Å². The molecule has 0 aliphatic carbocycles. The van der Waals surface area contributed by atoms with E-state index in [0.29, 0.717) is 0 Å². The summed E-state index contributed by atoms with van der Waals surface area (Å²) < 4.78 is 6.03. The molecule has 0 saturated carbocycles.